The Morgan fingerprint density at radius 2 is 1.40 bits per heavy atom. The van der Waals surface area contributed by atoms with Gasteiger partial charge in [0.2, 0.25) is 11.8 Å². The van der Waals surface area contributed by atoms with Crippen LogP contribution in [0.2, 0.25) is 0 Å². The number of unbranched alkanes of at least 4 members (excludes halogenated alkanes) is 5. The van der Waals surface area contributed by atoms with Crippen LogP contribution in [-0.4, -0.2) is 125 Å². The number of carbonyl (C=O) groups excluding carboxylic acids is 2. The molecule has 386 valence electrons. The first-order valence-corrected chi connectivity index (χ1v) is 27.7. The molecule has 4 aromatic carbocycles. The summed E-state index contributed by atoms with van der Waals surface area (Å²) in [4.78, 5) is 51.0. The molecule has 16 heteroatoms. The number of rotatable bonds is 21. The normalized spacial score (nSPS) is 16.4. The molecule has 0 spiro atoms. The lowest BCUT2D eigenvalue weighted by Gasteiger charge is -2.38. The number of aliphatic hydroxyl groups excluding tert-OH is 1. The zero-order valence-electron chi connectivity index (χ0n) is 42.2. The molecule has 7 aromatic rings. The van der Waals surface area contributed by atoms with Gasteiger partial charge in [-0.05, 0) is 85.7 Å². The topological polar surface area (TPSA) is 154 Å². The highest BCUT2D eigenvalue weighted by Crippen LogP contribution is 2.34. The summed E-state index contributed by atoms with van der Waals surface area (Å²) < 4.78 is 7.46. The summed E-state index contributed by atoms with van der Waals surface area (Å²) in [6.07, 6.45) is 9.29. The molecule has 0 radical (unpaired) electrons. The van der Waals surface area contributed by atoms with Gasteiger partial charge in [0.15, 0.2) is 5.52 Å². The van der Waals surface area contributed by atoms with Crippen LogP contribution < -0.4 is 10.9 Å². The van der Waals surface area contributed by atoms with Crippen molar-refractivity contribution in [1.29, 1.82) is 0 Å². The largest absolute Gasteiger partial charge is 0.390 e. The van der Waals surface area contributed by atoms with E-state index >= 15 is 0 Å². The number of aryl methyl sites for hydroxylation is 1. The first kappa shape index (κ1) is 52.6. The first-order chi connectivity index (χ1) is 35.3. The third-order valence-electron chi connectivity index (χ3n) is 15.1. The van der Waals surface area contributed by atoms with E-state index in [2.05, 4.69) is 105 Å². The molecular weight excluding hydrogens is 1050 g/mol. The number of carbonyl (C=O) groups is 2. The summed E-state index contributed by atoms with van der Waals surface area (Å²) in [6.45, 7) is 9.76. The van der Waals surface area contributed by atoms with Crippen molar-refractivity contribution in [3.05, 3.63) is 128 Å². The monoisotopic (exact) mass is 1120 g/mol. The number of fused-ring (bicyclic) bond motifs is 4. The molecular formula is C57H69Br2N9O5. The van der Waals surface area contributed by atoms with Crippen molar-refractivity contribution in [2.75, 3.05) is 52.4 Å². The Hall–Kier alpha value is -5.23. The third-order valence-corrected chi connectivity index (χ3v) is 16.1. The molecule has 0 unspecified atom stereocenters. The summed E-state index contributed by atoms with van der Waals surface area (Å²) in [7, 11) is 1.79. The van der Waals surface area contributed by atoms with Gasteiger partial charge in [-0.3, -0.25) is 28.5 Å². The first-order valence-electron chi connectivity index (χ1n) is 26.1. The number of hydrogen-bond donors (Lipinski definition) is 3. The Balaban J connectivity index is 0.639. The lowest BCUT2D eigenvalue weighted by atomic mass is 9.90. The Morgan fingerprint density at radius 1 is 0.767 bits per heavy atom. The van der Waals surface area contributed by atoms with E-state index in [0.29, 0.717) is 69.6 Å². The van der Waals surface area contributed by atoms with Crippen LogP contribution in [0.1, 0.15) is 88.2 Å². The Labute approximate surface area is 444 Å². The predicted octanol–water partition coefficient (Wildman–Crippen LogP) is 9.00. The van der Waals surface area contributed by atoms with E-state index in [1.807, 2.05) is 59.5 Å². The van der Waals surface area contributed by atoms with Crippen molar-refractivity contribution in [3.8, 4) is 11.3 Å². The zero-order valence-corrected chi connectivity index (χ0v) is 45.4. The minimum Gasteiger partial charge on any atom is -0.390 e. The van der Waals surface area contributed by atoms with Gasteiger partial charge >= 0.3 is 0 Å². The van der Waals surface area contributed by atoms with Crippen LogP contribution in [0.15, 0.2) is 111 Å². The number of amides is 2. The number of aliphatic hydroxyl groups is 2. The molecule has 2 aliphatic rings. The van der Waals surface area contributed by atoms with Crippen LogP contribution >= 0.6 is 31.9 Å². The number of piperidine rings is 1. The van der Waals surface area contributed by atoms with E-state index in [-0.39, 0.29) is 35.4 Å². The van der Waals surface area contributed by atoms with Crippen LogP contribution in [0.4, 0.5) is 0 Å². The average Bonchev–Trinajstić information content (AvgIpc) is 3.88. The van der Waals surface area contributed by atoms with Crippen LogP contribution in [-0.2, 0) is 36.3 Å². The molecule has 9 rings (SSSR count). The number of aromatic nitrogens is 5. The predicted molar refractivity (Wildman–Crippen MR) is 296 cm³/mol. The summed E-state index contributed by atoms with van der Waals surface area (Å²) in [5.41, 5.74) is 5.20. The fourth-order valence-corrected chi connectivity index (χ4v) is 11.6. The maximum absolute atomic E-state index is 13.7. The van der Waals surface area contributed by atoms with E-state index in [1.165, 1.54) is 40.9 Å². The molecule has 2 saturated heterocycles. The summed E-state index contributed by atoms with van der Waals surface area (Å²) in [6, 6.07) is 30.6. The minimum absolute atomic E-state index is 0.0551. The number of hydrogen-bond acceptors (Lipinski definition) is 9. The van der Waals surface area contributed by atoms with Crippen molar-refractivity contribution >= 4 is 76.5 Å². The second-order valence-corrected chi connectivity index (χ2v) is 22.4. The van der Waals surface area contributed by atoms with Crippen molar-refractivity contribution in [2.45, 2.75) is 108 Å². The van der Waals surface area contributed by atoms with Gasteiger partial charge in [0.05, 0.1) is 36.8 Å². The van der Waals surface area contributed by atoms with Gasteiger partial charge in [-0.25, -0.2) is 4.98 Å². The van der Waals surface area contributed by atoms with Crippen molar-refractivity contribution in [1.82, 2.24) is 43.9 Å². The molecule has 2 amide bonds. The number of piperazine rings is 1. The van der Waals surface area contributed by atoms with E-state index in [0.717, 1.165) is 88.7 Å². The maximum atomic E-state index is 13.7. The van der Waals surface area contributed by atoms with Crippen molar-refractivity contribution in [3.63, 3.8) is 0 Å². The quantitative estimate of drug-likeness (QED) is 0.0599. The number of nitrogens with one attached hydrogen (secondary N) is 1. The van der Waals surface area contributed by atoms with E-state index in [9.17, 15) is 24.6 Å². The second kappa shape index (κ2) is 24.0. The molecule has 2 aliphatic heterocycles. The van der Waals surface area contributed by atoms with Gasteiger partial charge in [0, 0.05) is 109 Å². The molecule has 0 saturated carbocycles. The fourth-order valence-electron chi connectivity index (χ4n) is 10.9. The average molecular weight is 1120 g/mol. The number of β-amino-alcohol motifs (C(OH)–C–C–N with tert-alkyl or cyclic N) is 1. The molecule has 0 bridgehead atoms. The SMILES string of the molecule is C[C@H](CC(=O)N1CCC(O)(Cn2cnc3c(-c4ccc(CNC(=O)CCCCCCCCN5CCN(C[C@@H](O)Cn6c7ccc(Br)cc7c7cc(Br)ccc76)CC5)cc4)n(C)nc3c2=O)CC1)c1ccccc1. The number of halogens is 2. The van der Waals surface area contributed by atoms with Gasteiger partial charge in [-0.2, -0.15) is 5.10 Å². The molecule has 3 N–H and O–H groups in total. The lowest BCUT2D eigenvalue weighted by molar-refractivity contribution is -0.136. The molecule has 2 fully saturated rings. The molecule has 14 nitrogen and oxygen atoms in total. The second-order valence-electron chi connectivity index (χ2n) is 20.5. The molecule has 3 aromatic heterocycles. The number of likely N-dealkylation sites (tertiary alicyclic amines) is 1. The minimum atomic E-state index is -1.15. The van der Waals surface area contributed by atoms with E-state index < -0.39 is 11.7 Å². The number of benzene rings is 4. The van der Waals surface area contributed by atoms with Gasteiger partial charge in [-0.15, -0.1) is 0 Å². The van der Waals surface area contributed by atoms with Gasteiger partial charge < -0.3 is 29.9 Å². The van der Waals surface area contributed by atoms with Crippen LogP contribution in [0.5, 0.6) is 0 Å². The third kappa shape index (κ3) is 13.0. The highest BCUT2D eigenvalue weighted by molar-refractivity contribution is 9.10. The Bertz CT molecular complexity index is 3010. The molecule has 5 heterocycles. The molecule has 0 aliphatic carbocycles. The van der Waals surface area contributed by atoms with E-state index in [4.69, 9.17) is 0 Å². The van der Waals surface area contributed by atoms with Gasteiger partial charge in [0.25, 0.3) is 5.56 Å². The number of nitrogens with zero attached hydrogens (tertiary/aromatic N) is 8. The Morgan fingerprint density at radius 3 is 2.07 bits per heavy atom. The smallest absolute Gasteiger partial charge is 0.281 e. The zero-order chi connectivity index (χ0) is 51.1. The standard InChI is InChI=1S/C57H69Br2N9O5/c1-40(42-12-8-7-9-13-42)32-52(71)66-26-23-57(73,24-27-66)38-67-39-61-53-54(56(67)72)62-63(2)55(53)43-17-15-41(16-18-43)35-60-51(70)14-10-5-3-4-6-11-25-64-28-30-65(31-29-64)36-46(69)37-68-49-21-19-44(58)33-47(49)48-34-45(59)20-22-50(48)68/h7-9,12-13,15-22,33-34,39-40,46,69,73H,3-6,10-11,14,23-32,35-38H2,1-2H3,(H,60,70)/t40-,46-/m1/s1. The fraction of sp³-hybridized carbons (Fsp3) is 0.456. The van der Waals surface area contributed by atoms with Crippen LogP contribution in [0.3, 0.4) is 0 Å². The van der Waals surface area contributed by atoms with Crippen LogP contribution in [0.25, 0.3) is 44.1 Å². The highest BCUT2D eigenvalue weighted by Gasteiger charge is 2.35. The van der Waals surface area contributed by atoms with Gasteiger partial charge in [0.1, 0.15) is 5.52 Å². The van der Waals surface area contributed by atoms with E-state index in [1.54, 1.807) is 11.7 Å². The highest BCUT2D eigenvalue weighted by atomic mass is 79.9. The molecule has 73 heavy (non-hydrogen) atoms. The lowest BCUT2D eigenvalue weighted by Crippen LogP contribution is -2.49. The summed E-state index contributed by atoms with van der Waals surface area (Å²) in [5.74, 6) is 0.232. The van der Waals surface area contributed by atoms with Gasteiger partial charge in [-0.1, -0.05) is 119 Å². The maximum Gasteiger partial charge on any atom is 0.281 e. The molecule has 2 atom stereocenters. The summed E-state index contributed by atoms with van der Waals surface area (Å²) >= 11 is 7.26. The van der Waals surface area contributed by atoms with Crippen molar-refractivity contribution in [2.24, 2.45) is 7.05 Å². The van der Waals surface area contributed by atoms with Crippen LogP contribution in [0, 0.1) is 0 Å². The Kier molecular flexibility index (Phi) is 17.3. The van der Waals surface area contributed by atoms with Crippen molar-refractivity contribution < 1.29 is 19.8 Å². The summed E-state index contributed by atoms with van der Waals surface area (Å²) in [5, 5.41) is 32.8.